The standard InChI is InChI=1S/C13H14N4O2/c1-2-19-11-5-3-10(4-6-11)9-15-17-12-7-8-14-13(18)16-12/h3-9H,2H2,1H3,(H2,14,16,17,18)/b15-9-. The Balaban J connectivity index is 1.97. The molecule has 0 aliphatic heterocycles. The fourth-order valence-electron chi connectivity index (χ4n) is 1.43. The Bertz CT molecular complexity index is 605. The van der Waals surface area contributed by atoms with Crippen LogP contribution in [-0.2, 0) is 0 Å². The molecule has 0 atom stereocenters. The molecule has 0 bridgehead atoms. The number of benzene rings is 1. The van der Waals surface area contributed by atoms with Crippen molar-refractivity contribution in [1.29, 1.82) is 0 Å². The van der Waals surface area contributed by atoms with Crippen LogP contribution in [-0.4, -0.2) is 22.8 Å². The van der Waals surface area contributed by atoms with Crippen molar-refractivity contribution in [1.82, 2.24) is 9.97 Å². The van der Waals surface area contributed by atoms with E-state index < -0.39 is 5.69 Å². The van der Waals surface area contributed by atoms with Crippen molar-refractivity contribution in [3.63, 3.8) is 0 Å². The molecule has 6 nitrogen and oxygen atoms in total. The first-order chi connectivity index (χ1) is 9.28. The Labute approximate surface area is 110 Å². The highest BCUT2D eigenvalue weighted by Crippen LogP contribution is 2.10. The van der Waals surface area contributed by atoms with Crippen LogP contribution in [0, 0.1) is 0 Å². The normalized spacial score (nSPS) is 10.6. The fraction of sp³-hybridized carbons (Fsp3) is 0.154. The Morgan fingerprint density at radius 1 is 1.37 bits per heavy atom. The van der Waals surface area contributed by atoms with E-state index in [0.717, 1.165) is 11.3 Å². The summed E-state index contributed by atoms with van der Waals surface area (Å²) in [6.07, 6.45) is 3.06. The molecule has 0 aliphatic carbocycles. The first-order valence-electron chi connectivity index (χ1n) is 5.85. The summed E-state index contributed by atoms with van der Waals surface area (Å²) in [5, 5.41) is 4.01. The van der Waals surface area contributed by atoms with E-state index in [0.29, 0.717) is 12.4 Å². The molecule has 98 valence electrons. The maximum absolute atomic E-state index is 10.9. The summed E-state index contributed by atoms with van der Waals surface area (Å²) >= 11 is 0. The summed E-state index contributed by atoms with van der Waals surface area (Å²) in [5.74, 6) is 1.31. The van der Waals surface area contributed by atoms with Gasteiger partial charge in [0, 0.05) is 6.20 Å². The van der Waals surface area contributed by atoms with Gasteiger partial charge in [-0.25, -0.2) is 9.78 Å². The van der Waals surface area contributed by atoms with Crippen LogP contribution in [0.3, 0.4) is 0 Å². The zero-order valence-electron chi connectivity index (χ0n) is 10.5. The van der Waals surface area contributed by atoms with E-state index in [1.54, 1.807) is 12.3 Å². The molecule has 1 aromatic carbocycles. The number of aromatic amines is 1. The first-order valence-corrected chi connectivity index (χ1v) is 5.85. The molecule has 0 unspecified atom stereocenters. The van der Waals surface area contributed by atoms with Crippen LogP contribution in [0.2, 0.25) is 0 Å². The average molecular weight is 258 g/mol. The van der Waals surface area contributed by atoms with Crippen molar-refractivity contribution in [2.75, 3.05) is 12.0 Å². The smallest absolute Gasteiger partial charge is 0.346 e. The van der Waals surface area contributed by atoms with Crippen LogP contribution in [0.1, 0.15) is 12.5 Å². The summed E-state index contributed by atoms with van der Waals surface area (Å²) in [6, 6.07) is 9.16. The van der Waals surface area contributed by atoms with E-state index in [1.807, 2.05) is 31.2 Å². The van der Waals surface area contributed by atoms with Gasteiger partial charge >= 0.3 is 5.69 Å². The molecule has 1 aromatic heterocycles. The Hall–Kier alpha value is -2.63. The monoisotopic (exact) mass is 258 g/mol. The highest BCUT2D eigenvalue weighted by Gasteiger charge is 1.93. The number of ether oxygens (including phenoxy) is 1. The lowest BCUT2D eigenvalue weighted by Gasteiger charge is -2.02. The molecule has 0 fully saturated rings. The fourth-order valence-corrected chi connectivity index (χ4v) is 1.43. The number of nitrogens with zero attached hydrogens (tertiary/aromatic N) is 2. The summed E-state index contributed by atoms with van der Waals surface area (Å²) in [7, 11) is 0. The molecule has 0 spiro atoms. The Morgan fingerprint density at radius 2 is 2.16 bits per heavy atom. The number of aromatic nitrogens is 2. The molecule has 0 saturated carbocycles. The van der Waals surface area contributed by atoms with Crippen LogP contribution in [0.5, 0.6) is 5.75 Å². The number of hydrazone groups is 1. The zero-order valence-corrected chi connectivity index (χ0v) is 10.5. The second-order valence-corrected chi connectivity index (χ2v) is 3.66. The van der Waals surface area contributed by atoms with Crippen molar-refractivity contribution >= 4 is 12.0 Å². The summed E-state index contributed by atoms with van der Waals surface area (Å²) in [4.78, 5) is 17.0. The van der Waals surface area contributed by atoms with E-state index in [2.05, 4.69) is 20.5 Å². The molecular formula is C13H14N4O2. The van der Waals surface area contributed by atoms with Gasteiger partial charge < -0.3 is 4.74 Å². The van der Waals surface area contributed by atoms with Crippen LogP contribution < -0.4 is 15.9 Å². The number of H-pyrrole nitrogens is 1. The predicted molar refractivity (Wildman–Crippen MR) is 73.7 cm³/mol. The van der Waals surface area contributed by atoms with E-state index >= 15 is 0 Å². The lowest BCUT2D eigenvalue weighted by molar-refractivity contribution is 0.340. The molecule has 0 aliphatic rings. The number of anilines is 1. The number of nitrogens with one attached hydrogen (secondary N) is 2. The van der Waals surface area contributed by atoms with Crippen molar-refractivity contribution < 1.29 is 4.74 Å². The quantitative estimate of drug-likeness (QED) is 0.631. The van der Waals surface area contributed by atoms with Gasteiger partial charge in [0.15, 0.2) is 0 Å². The van der Waals surface area contributed by atoms with E-state index in [9.17, 15) is 4.79 Å². The van der Waals surface area contributed by atoms with E-state index in [4.69, 9.17) is 4.74 Å². The Morgan fingerprint density at radius 3 is 2.84 bits per heavy atom. The molecule has 2 rings (SSSR count). The van der Waals surface area contributed by atoms with Gasteiger partial charge in [-0.15, -0.1) is 0 Å². The van der Waals surface area contributed by atoms with Gasteiger partial charge in [-0.1, -0.05) is 0 Å². The van der Waals surface area contributed by atoms with E-state index in [-0.39, 0.29) is 0 Å². The van der Waals surface area contributed by atoms with Gasteiger partial charge in [0.05, 0.1) is 12.8 Å². The number of rotatable bonds is 5. The minimum absolute atomic E-state index is 0.415. The molecule has 2 N–H and O–H groups in total. The maximum atomic E-state index is 10.9. The van der Waals surface area contributed by atoms with E-state index in [1.165, 1.54) is 6.20 Å². The minimum Gasteiger partial charge on any atom is -0.494 e. The molecule has 0 amide bonds. The second kappa shape index (κ2) is 6.34. The van der Waals surface area contributed by atoms with Gasteiger partial charge in [-0.05, 0) is 42.8 Å². The van der Waals surface area contributed by atoms with Gasteiger partial charge in [0.1, 0.15) is 11.6 Å². The highest BCUT2D eigenvalue weighted by atomic mass is 16.5. The van der Waals surface area contributed by atoms with Gasteiger partial charge in [-0.2, -0.15) is 5.10 Å². The lowest BCUT2D eigenvalue weighted by Crippen LogP contribution is -2.10. The molecule has 6 heteroatoms. The largest absolute Gasteiger partial charge is 0.494 e. The summed E-state index contributed by atoms with van der Waals surface area (Å²) < 4.78 is 5.34. The minimum atomic E-state index is -0.415. The topological polar surface area (TPSA) is 79.4 Å². The van der Waals surface area contributed by atoms with Crippen LogP contribution in [0.15, 0.2) is 46.4 Å². The second-order valence-electron chi connectivity index (χ2n) is 3.66. The first kappa shape index (κ1) is 12.8. The summed E-state index contributed by atoms with van der Waals surface area (Å²) in [5.41, 5.74) is 3.22. The zero-order chi connectivity index (χ0) is 13.5. The van der Waals surface area contributed by atoms with Crippen molar-refractivity contribution in [2.45, 2.75) is 6.92 Å². The van der Waals surface area contributed by atoms with Crippen LogP contribution in [0.25, 0.3) is 0 Å². The van der Waals surface area contributed by atoms with Gasteiger partial charge in [0.2, 0.25) is 0 Å². The highest BCUT2D eigenvalue weighted by molar-refractivity contribution is 5.80. The Kier molecular flexibility index (Phi) is 4.28. The van der Waals surface area contributed by atoms with Crippen molar-refractivity contribution in [3.8, 4) is 5.75 Å². The third kappa shape index (κ3) is 3.95. The molecule has 0 radical (unpaired) electrons. The van der Waals surface area contributed by atoms with Gasteiger partial charge in [-0.3, -0.25) is 10.4 Å². The predicted octanol–water partition coefficient (Wildman–Crippen LogP) is 1.61. The molecular weight excluding hydrogens is 244 g/mol. The number of hydrogen-bond donors (Lipinski definition) is 2. The van der Waals surface area contributed by atoms with Crippen molar-refractivity contribution in [2.24, 2.45) is 5.10 Å². The SMILES string of the molecule is CCOc1ccc(/C=N\Nc2ccnc(=O)[nH]2)cc1. The van der Waals surface area contributed by atoms with Crippen LogP contribution in [0.4, 0.5) is 5.82 Å². The number of hydrogen-bond acceptors (Lipinski definition) is 5. The molecule has 1 heterocycles. The van der Waals surface area contributed by atoms with Gasteiger partial charge in [0.25, 0.3) is 0 Å². The average Bonchev–Trinajstić information content (AvgIpc) is 2.41. The lowest BCUT2D eigenvalue weighted by atomic mass is 10.2. The molecule has 2 aromatic rings. The maximum Gasteiger partial charge on any atom is 0.346 e. The molecule has 19 heavy (non-hydrogen) atoms. The molecule has 0 saturated heterocycles. The van der Waals surface area contributed by atoms with Crippen LogP contribution >= 0.6 is 0 Å². The van der Waals surface area contributed by atoms with Crippen molar-refractivity contribution in [3.05, 3.63) is 52.6 Å². The third-order valence-electron chi connectivity index (χ3n) is 2.26. The third-order valence-corrected chi connectivity index (χ3v) is 2.26. The summed E-state index contributed by atoms with van der Waals surface area (Å²) in [6.45, 7) is 2.58.